The highest BCUT2D eigenvalue weighted by atomic mass is 14.7. The van der Waals surface area contributed by atoms with Crippen LogP contribution in [0.3, 0.4) is 0 Å². The Labute approximate surface area is 87.6 Å². The van der Waals surface area contributed by atoms with Gasteiger partial charge < -0.3 is 0 Å². The quantitative estimate of drug-likeness (QED) is 0.709. The molecule has 0 N–H and O–H groups in total. The highest BCUT2D eigenvalue weighted by Crippen LogP contribution is 2.28. The van der Waals surface area contributed by atoms with E-state index in [0.717, 1.165) is 0 Å². The predicted octanol–water partition coefficient (Wildman–Crippen LogP) is 3.71. The Morgan fingerprint density at radius 2 is 1.93 bits per heavy atom. The topological polar surface area (TPSA) is 12.9 Å². The molecule has 0 aliphatic carbocycles. The standard InChI is InChI=1S/C13H21N/c1-10(2)8-13(4,5)12-7-6-11(3)9-14-12/h6-7,9-10H,8H2,1-5H3. The molecule has 1 heteroatoms. The van der Waals surface area contributed by atoms with E-state index < -0.39 is 0 Å². The smallest absolute Gasteiger partial charge is 0.0460 e. The number of aryl methyl sites for hydroxylation is 1. The molecule has 1 rings (SSSR count). The SMILES string of the molecule is Cc1ccc(C(C)(C)CC(C)C)nc1. The van der Waals surface area contributed by atoms with Gasteiger partial charge in [-0.1, -0.05) is 33.8 Å². The third kappa shape index (κ3) is 2.83. The molecule has 0 unspecified atom stereocenters. The fourth-order valence-corrected chi connectivity index (χ4v) is 1.99. The first-order chi connectivity index (χ1) is 6.42. The van der Waals surface area contributed by atoms with E-state index in [0.29, 0.717) is 5.92 Å². The molecule has 1 heterocycles. The average Bonchev–Trinajstić information content (AvgIpc) is 2.02. The van der Waals surface area contributed by atoms with Crippen LogP contribution in [0.1, 0.15) is 45.4 Å². The van der Waals surface area contributed by atoms with E-state index >= 15 is 0 Å². The van der Waals surface area contributed by atoms with Crippen molar-refractivity contribution in [2.24, 2.45) is 5.92 Å². The number of rotatable bonds is 3. The minimum atomic E-state index is 0.196. The summed E-state index contributed by atoms with van der Waals surface area (Å²) < 4.78 is 0. The Morgan fingerprint density at radius 3 is 2.36 bits per heavy atom. The molecule has 1 aromatic heterocycles. The van der Waals surface area contributed by atoms with Gasteiger partial charge in [-0.2, -0.15) is 0 Å². The summed E-state index contributed by atoms with van der Waals surface area (Å²) in [6.45, 7) is 11.1. The van der Waals surface area contributed by atoms with Gasteiger partial charge in [-0.15, -0.1) is 0 Å². The molecule has 14 heavy (non-hydrogen) atoms. The van der Waals surface area contributed by atoms with Crippen molar-refractivity contribution in [3.63, 3.8) is 0 Å². The Morgan fingerprint density at radius 1 is 1.29 bits per heavy atom. The summed E-state index contributed by atoms with van der Waals surface area (Å²) in [6, 6.07) is 4.29. The lowest BCUT2D eigenvalue weighted by molar-refractivity contribution is 0.390. The van der Waals surface area contributed by atoms with Crippen molar-refractivity contribution < 1.29 is 0 Å². The lowest BCUT2D eigenvalue weighted by atomic mass is 9.81. The van der Waals surface area contributed by atoms with Crippen molar-refractivity contribution in [3.8, 4) is 0 Å². The second kappa shape index (κ2) is 4.12. The van der Waals surface area contributed by atoms with Gasteiger partial charge in [0.2, 0.25) is 0 Å². The summed E-state index contributed by atoms with van der Waals surface area (Å²) in [5.41, 5.74) is 2.63. The van der Waals surface area contributed by atoms with Crippen LogP contribution in [0.2, 0.25) is 0 Å². The Hall–Kier alpha value is -0.850. The minimum Gasteiger partial charge on any atom is -0.260 e. The van der Waals surface area contributed by atoms with Gasteiger partial charge in [0, 0.05) is 17.3 Å². The average molecular weight is 191 g/mol. The van der Waals surface area contributed by atoms with Crippen molar-refractivity contribution >= 4 is 0 Å². The first-order valence-corrected chi connectivity index (χ1v) is 5.35. The zero-order chi connectivity index (χ0) is 10.8. The first-order valence-electron chi connectivity index (χ1n) is 5.35. The lowest BCUT2D eigenvalue weighted by Gasteiger charge is -2.26. The first kappa shape index (κ1) is 11.2. The van der Waals surface area contributed by atoms with Gasteiger partial charge in [0.15, 0.2) is 0 Å². The summed E-state index contributed by atoms with van der Waals surface area (Å²) in [6.07, 6.45) is 3.14. The van der Waals surface area contributed by atoms with Crippen LogP contribution in [0.5, 0.6) is 0 Å². The summed E-state index contributed by atoms with van der Waals surface area (Å²) in [4.78, 5) is 4.50. The molecule has 0 atom stereocenters. The van der Waals surface area contributed by atoms with E-state index in [1.165, 1.54) is 17.7 Å². The zero-order valence-corrected chi connectivity index (χ0v) is 9.96. The molecule has 78 valence electrons. The van der Waals surface area contributed by atoms with Gasteiger partial charge in [-0.05, 0) is 30.9 Å². The fourth-order valence-electron chi connectivity index (χ4n) is 1.99. The lowest BCUT2D eigenvalue weighted by Crippen LogP contribution is -2.21. The van der Waals surface area contributed by atoms with E-state index in [-0.39, 0.29) is 5.41 Å². The van der Waals surface area contributed by atoms with E-state index in [4.69, 9.17) is 0 Å². The minimum absolute atomic E-state index is 0.196. The molecule has 1 nitrogen and oxygen atoms in total. The molecule has 0 aliphatic heterocycles. The molecule has 0 saturated carbocycles. The third-order valence-corrected chi connectivity index (χ3v) is 2.52. The summed E-state index contributed by atoms with van der Waals surface area (Å²) in [7, 11) is 0. The van der Waals surface area contributed by atoms with Crippen LogP contribution in [-0.2, 0) is 5.41 Å². The second-order valence-corrected chi connectivity index (χ2v) is 5.20. The molecular weight excluding hydrogens is 170 g/mol. The second-order valence-electron chi connectivity index (χ2n) is 5.20. The van der Waals surface area contributed by atoms with Crippen LogP contribution >= 0.6 is 0 Å². The molecule has 0 saturated heterocycles. The van der Waals surface area contributed by atoms with Gasteiger partial charge in [0.1, 0.15) is 0 Å². The zero-order valence-electron chi connectivity index (χ0n) is 9.96. The molecule has 1 aromatic rings. The highest BCUT2D eigenvalue weighted by molar-refractivity contribution is 5.18. The predicted molar refractivity (Wildman–Crippen MR) is 61.5 cm³/mol. The number of pyridine rings is 1. The maximum atomic E-state index is 4.50. The fraction of sp³-hybridized carbons (Fsp3) is 0.615. The molecule has 0 aliphatic rings. The van der Waals surface area contributed by atoms with Crippen LogP contribution in [0, 0.1) is 12.8 Å². The van der Waals surface area contributed by atoms with Gasteiger partial charge in [0.05, 0.1) is 0 Å². The highest BCUT2D eigenvalue weighted by Gasteiger charge is 2.22. The Bertz CT molecular complexity index is 283. The van der Waals surface area contributed by atoms with Crippen molar-refractivity contribution in [2.45, 2.75) is 46.5 Å². The van der Waals surface area contributed by atoms with Gasteiger partial charge in [0.25, 0.3) is 0 Å². The van der Waals surface area contributed by atoms with Gasteiger partial charge in [-0.3, -0.25) is 4.98 Å². The largest absolute Gasteiger partial charge is 0.260 e. The molecule has 0 amide bonds. The van der Waals surface area contributed by atoms with Crippen molar-refractivity contribution in [1.29, 1.82) is 0 Å². The van der Waals surface area contributed by atoms with E-state index in [9.17, 15) is 0 Å². The molecule has 0 radical (unpaired) electrons. The number of nitrogens with zero attached hydrogens (tertiary/aromatic N) is 1. The summed E-state index contributed by atoms with van der Waals surface area (Å²) in [5.74, 6) is 0.716. The molecule has 0 spiro atoms. The Balaban J connectivity index is 2.86. The van der Waals surface area contributed by atoms with E-state index in [1.807, 2.05) is 6.20 Å². The summed E-state index contributed by atoms with van der Waals surface area (Å²) >= 11 is 0. The molecule has 0 bridgehead atoms. The molecular formula is C13H21N. The number of hydrogen-bond donors (Lipinski definition) is 0. The van der Waals surface area contributed by atoms with Crippen LogP contribution < -0.4 is 0 Å². The van der Waals surface area contributed by atoms with Crippen LogP contribution in [-0.4, -0.2) is 4.98 Å². The van der Waals surface area contributed by atoms with E-state index in [2.05, 4.69) is 51.7 Å². The number of aromatic nitrogens is 1. The van der Waals surface area contributed by atoms with Gasteiger partial charge >= 0.3 is 0 Å². The maximum Gasteiger partial charge on any atom is 0.0460 e. The van der Waals surface area contributed by atoms with Crippen molar-refractivity contribution in [1.82, 2.24) is 4.98 Å². The maximum absolute atomic E-state index is 4.50. The van der Waals surface area contributed by atoms with Crippen molar-refractivity contribution in [2.75, 3.05) is 0 Å². The van der Waals surface area contributed by atoms with Crippen molar-refractivity contribution in [3.05, 3.63) is 29.6 Å². The Kier molecular flexibility index (Phi) is 3.30. The van der Waals surface area contributed by atoms with E-state index in [1.54, 1.807) is 0 Å². The summed E-state index contributed by atoms with van der Waals surface area (Å²) in [5, 5.41) is 0. The number of hydrogen-bond acceptors (Lipinski definition) is 1. The monoisotopic (exact) mass is 191 g/mol. The van der Waals surface area contributed by atoms with Crippen LogP contribution in [0.25, 0.3) is 0 Å². The van der Waals surface area contributed by atoms with Gasteiger partial charge in [-0.25, -0.2) is 0 Å². The molecule has 0 aromatic carbocycles. The van der Waals surface area contributed by atoms with Crippen LogP contribution in [0.15, 0.2) is 18.3 Å². The normalized spacial score (nSPS) is 12.1. The van der Waals surface area contributed by atoms with Crippen LogP contribution in [0.4, 0.5) is 0 Å². The molecule has 0 fully saturated rings. The third-order valence-electron chi connectivity index (χ3n) is 2.52.